The van der Waals surface area contributed by atoms with Crippen LogP contribution < -0.4 is 15.2 Å². The Bertz CT molecular complexity index is 655. The van der Waals surface area contributed by atoms with E-state index in [0.717, 1.165) is 23.3 Å². The Balaban J connectivity index is 2.01. The third kappa shape index (κ3) is 2.72. The van der Waals surface area contributed by atoms with Crippen LogP contribution in [0.1, 0.15) is 24.5 Å². The molecule has 21 heavy (non-hydrogen) atoms. The highest BCUT2D eigenvalue weighted by molar-refractivity contribution is 5.48. The lowest BCUT2D eigenvalue weighted by atomic mass is 9.85. The number of halogens is 1. The maximum atomic E-state index is 13.4. The molecule has 0 aliphatic carbocycles. The van der Waals surface area contributed by atoms with Crippen LogP contribution in [0.4, 0.5) is 4.39 Å². The Morgan fingerprint density at radius 2 is 1.71 bits per heavy atom. The molecule has 2 aromatic rings. The van der Waals surface area contributed by atoms with Crippen molar-refractivity contribution in [2.75, 3.05) is 13.2 Å². The molecule has 0 fully saturated rings. The normalized spacial score (nSPS) is 16.9. The van der Waals surface area contributed by atoms with Crippen molar-refractivity contribution in [3.63, 3.8) is 0 Å². The second kappa shape index (κ2) is 5.37. The summed E-state index contributed by atoms with van der Waals surface area (Å²) in [7, 11) is 0. The van der Waals surface area contributed by atoms with Crippen LogP contribution in [-0.4, -0.2) is 13.2 Å². The molecule has 0 aromatic heterocycles. The standard InChI is InChI=1S/C17H18FNO2/c1-17(19,12-4-2-5-14(18)10-12)13-6-7-15-16(11-13)21-9-3-8-20-15/h2,4-7,10-11H,3,8-9,19H2,1H3. The minimum Gasteiger partial charge on any atom is -0.490 e. The average molecular weight is 287 g/mol. The number of nitrogens with two attached hydrogens (primary N) is 1. The van der Waals surface area contributed by atoms with Gasteiger partial charge < -0.3 is 15.2 Å². The van der Waals surface area contributed by atoms with E-state index in [1.807, 2.05) is 31.2 Å². The summed E-state index contributed by atoms with van der Waals surface area (Å²) in [5.74, 6) is 1.13. The van der Waals surface area contributed by atoms with Crippen molar-refractivity contribution in [2.45, 2.75) is 18.9 Å². The van der Waals surface area contributed by atoms with E-state index in [0.29, 0.717) is 19.0 Å². The summed E-state index contributed by atoms with van der Waals surface area (Å²) in [4.78, 5) is 0. The van der Waals surface area contributed by atoms with Crippen molar-refractivity contribution in [3.8, 4) is 11.5 Å². The molecule has 1 aliphatic heterocycles. The topological polar surface area (TPSA) is 44.5 Å². The molecule has 2 aromatic carbocycles. The first-order valence-corrected chi connectivity index (χ1v) is 7.02. The van der Waals surface area contributed by atoms with Gasteiger partial charge in [0, 0.05) is 6.42 Å². The number of ether oxygens (including phenoxy) is 2. The molecule has 3 nitrogen and oxygen atoms in total. The number of rotatable bonds is 2. The molecule has 0 spiro atoms. The van der Waals surface area contributed by atoms with Gasteiger partial charge in [-0.15, -0.1) is 0 Å². The van der Waals surface area contributed by atoms with Crippen molar-refractivity contribution in [2.24, 2.45) is 5.73 Å². The summed E-state index contributed by atoms with van der Waals surface area (Å²) >= 11 is 0. The van der Waals surface area contributed by atoms with Crippen molar-refractivity contribution < 1.29 is 13.9 Å². The molecular weight excluding hydrogens is 269 g/mol. The minimum absolute atomic E-state index is 0.293. The molecule has 0 amide bonds. The first kappa shape index (κ1) is 13.9. The summed E-state index contributed by atoms with van der Waals surface area (Å²) in [5, 5.41) is 0. The van der Waals surface area contributed by atoms with Gasteiger partial charge in [0.25, 0.3) is 0 Å². The van der Waals surface area contributed by atoms with E-state index in [9.17, 15) is 4.39 Å². The second-order valence-electron chi connectivity index (χ2n) is 5.42. The van der Waals surface area contributed by atoms with Crippen molar-refractivity contribution in [3.05, 3.63) is 59.4 Å². The van der Waals surface area contributed by atoms with Crippen LogP contribution in [-0.2, 0) is 5.54 Å². The molecule has 4 heteroatoms. The monoisotopic (exact) mass is 287 g/mol. The zero-order chi connectivity index (χ0) is 14.9. The molecule has 0 radical (unpaired) electrons. The fourth-order valence-electron chi connectivity index (χ4n) is 2.46. The van der Waals surface area contributed by atoms with Crippen LogP contribution in [0.5, 0.6) is 11.5 Å². The van der Waals surface area contributed by atoms with Gasteiger partial charge in [-0.1, -0.05) is 18.2 Å². The second-order valence-corrected chi connectivity index (χ2v) is 5.42. The smallest absolute Gasteiger partial charge is 0.161 e. The summed E-state index contributed by atoms with van der Waals surface area (Å²) < 4.78 is 24.7. The molecule has 0 saturated carbocycles. The van der Waals surface area contributed by atoms with Crippen LogP contribution in [0.2, 0.25) is 0 Å². The summed E-state index contributed by atoms with van der Waals surface area (Å²) in [6, 6.07) is 12.0. The number of benzene rings is 2. The molecule has 3 rings (SSSR count). The summed E-state index contributed by atoms with van der Waals surface area (Å²) in [5.41, 5.74) is 7.22. The van der Waals surface area contributed by atoms with Crippen LogP contribution >= 0.6 is 0 Å². The minimum atomic E-state index is -0.799. The Hall–Kier alpha value is -2.07. The first-order chi connectivity index (χ1) is 10.1. The zero-order valence-electron chi connectivity index (χ0n) is 11.9. The van der Waals surface area contributed by atoms with Crippen molar-refractivity contribution >= 4 is 0 Å². The van der Waals surface area contributed by atoms with Crippen LogP contribution in [0.25, 0.3) is 0 Å². The molecular formula is C17H18FNO2. The summed E-state index contributed by atoms with van der Waals surface area (Å²) in [6.45, 7) is 3.13. The highest BCUT2D eigenvalue weighted by Gasteiger charge is 2.26. The Morgan fingerprint density at radius 1 is 1.00 bits per heavy atom. The van der Waals surface area contributed by atoms with Crippen LogP contribution in [0.15, 0.2) is 42.5 Å². The molecule has 110 valence electrons. The van der Waals surface area contributed by atoms with Gasteiger partial charge in [0.1, 0.15) is 5.82 Å². The molecule has 0 saturated heterocycles. The fourth-order valence-corrected chi connectivity index (χ4v) is 2.46. The van der Waals surface area contributed by atoms with Gasteiger partial charge in [0.15, 0.2) is 11.5 Å². The molecule has 1 atom stereocenters. The highest BCUT2D eigenvalue weighted by atomic mass is 19.1. The molecule has 1 unspecified atom stereocenters. The van der Waals surface area contributed by atoms with Gasteiger partial charge in [-0.2, -0.15) is 0 Å². The van der Waals surface area contributed by atoms with Gasteiger partial charge in [0.2, 0.25) is 0 Å². The molecule has 1 heterocycles. The first-order valence-electron chi connectivity index (χ1n) is 7.02. The molecule has 0 bridgehead atoms. The third-order valence-electron chi connectivity index (χ3n) is 3.77. The fraction of sp³-hybridized carbons (Fsp3) is 0.294. The van der Waals surface area contributed by atoms with Gasteiger partial charge in [-0.3, -0.25) is 0 Å². The average Bonchev–Trinajstić information content (AvgIpc) is 2.71. The van der Waals surface area contributed by atoms with Gasteiger partial charge >= 0.3 is 0 Å². The number of hydrogen-bond acceptors (Lipinski definition) is 3. The highest BCUT2D eigenvalue weighted by Crippen LogP contribution is 2.35. The predicted octanol–water partition coefficient (Wildman–Crippen LogP) is 3.21. The van der Waals surface area contributed by atoms with E-state index in [-0.39, 0.29) is 5.82 Å². The van der Waals surface area contributed by atoms with E-state index in [4.69, 9.17) is 15.2 Å². The van der Waals surface area contributed by atoms with Crippen molar-refractivity contribution in [1.82, 2.24) is 0 Å². The van der Waals surface area contributed by atoms with Gasteiger partial charge in [0.05, 0.1) is 18.8 Å². The van der Waals surface area contributed by atoms with Crippen LogP contribution in [0.3, 0.4) is 0 Å². The maximum absolute atomic E-state index is 13.4. The lowest BCUT2D eigenvalue weighted by Gasteiger charge is -2.26. The third-order valence-corrected chi connectivity index (χ3v) is 3.77. The zero-order valence-corrected chi connectivity index (χ0v) is 11.9. The Labute approximate surface area is 123 Å². The van der Waals surface area contributed by atoms with E-state index in [2.05, 4.69) is 0 Å². The lowest BCUT2D eigenvalue weighted by Crippen LogP contribution is -2.34. The van der Waals surface area contributed by atoms with E-state index >= 15 is 0 Å². The van der Waals surface area contributed by atoms with E-state index < -0.39 is 5.54 Å². The predicted molar refractivity (Wildman–Crippen MR) is 79.1 cm³/mol. The lowest BCUT2D eigenvalue weighted by molar-refractivity contribution is 0.297. The van der Waals surface area contributed by atoms with Gasteiger partial charge in [-0.25, -0.2) is 4.39 Å². The molecule has 1 aliphatic rings. The molecule has 2 N–H and O–H groups in total. The van der Waals surface area contributed by atoms with E-state index in [1.54, 1.807) is 6.07 Å². The van der Waals surface area contributed by atoms with Crippen molar-refractivity contribution in [1.29, 1.82) is 0 Å². The quantitative estimate of drug-likeness (QED) is 0.922. The van der Waals surface area contributed by atoms with Crippen LogP contribution in [0, 0.1) is 5.82 Å². The Morgan fingerprint density at radius 3 is 2.48 bits per heavy atom. The Kier molecular flexibility index (Phi) is 3.55. The van der Waals surface area contributed by atoms with Gasteiger partial charge in [-0.05, 0) is 42.3 Å². The largest absolute Gasteiger partial charge is 0.490 e. The van der Waals surface area contributed by atoms with E-state index in [1.165, 1.54) is 12.1 Å². The summed E-state index contributed by atoms with van der Waals surface area (Å²) in [6.07, 6.45) is 0.855. The number of hydrogen-bond donors (Lipinski definition) is 1. The number of fused-ring (bicyclic) bond motifs is 1. The maximum Gasteiger partial charge on any atom is 0.161 e. The SMILES string of the molecule is CC(N)(c1cccc(F)c1)c1ccc2c(c1)OCCCO2.